The number of amidine groups is 1. The molecule has 4 nitrogen and oxygen atoms in total. The Morgan fingerprint density at radius 3 is 2.29 bits per heavy atom. The Kier molecular flexibility index (Phi) is 4.96. The molecular weight excluding hydrogens is 372 g/mol. The summed E-state index contributed by atoms with van der Waals surface area (Å²) < 4.78 is 5.22. The van der Waals surface area contributed by atoms with Crippen molar-refractivity contribution in [1.82, 2.24) is 0 Å². The van der Waals surface area contributed by atoms with Gasteiger partial charge in [-0.15, -0.1) is 0 Å². The van der Waals surface area contributed by atoms with Crippen molar-refractivity contribution in [3.05, 3.63) is 101 Å². The molecule has 1 aliphatic heterocycles. The third-order valence-corrected chi connectivity index (χ3v) is 4.74. The Morgan fingerprint density at radius 2 is 1.61 bits per heavy atom. The van der Waals surface area contributed by atoms with Crippen LogP contribution in [-0.2, 0) is 4.79 Å². The Bertz CT molecular complexity index is 1070. The zero-order valence-corrected chi connectivity index (χ0v) is 15.9. The maximum absolute atomic E-state index is 13.2. The second-order valence-electron chi connectivity index (χ2n) is 6.19. The van der Waals surface area contributed by atoms with E-state index in [1.54, 1.807) is 24.2 Å². The van der Waals surface area contributed by atoms with Gasteiger partial charge in [0.25, 0.3) is 5.91 Å². The number of carbonyl (C=O) groups is 1. The molecule has 28 heavy (non-hydrogen) atoms. The SMILES string of the molecule is COc1ccc(N2C(=O)/C(=C\c3ccccc3)N=C2c2ccccc2Cl)cc1. The van der Waals surface area contributed by atoms with Gasteiger partial charge in [0.2, 0.25) is 0 Å². The lowest BCUT2D eigenvalue weighted by Crippen LogP contribution is -2.32. The molecule has 4 rings (SSSR count). The summed E-state index contributed by atoms with van der Waals surface area (Å²) in [6, 6.07) is 24.3. The molecule has 0 saturated carbocycles. The van der Waals surface area contributed by atoms with E-state index in [-0.39, 0.29) is 5.91 Å². The van der Waals surface area contributed by atoms with Crippen molar-refractivity contribution in [2.24, 2.45) is 4.99 Å². The van der Waals surface area contributed by atoms with Crippen LogP contribution in [0.3, 0.4) is 0 Å². The standard InChI is InChI=1S/C23H17ClN2O2/c1-28-18-13-11-17(12-14-18)26-22(19-9-5-6-10-20(19)24)25-21(23(26)27)15-16-7-3-2-4-8-16/h2-15H,1H3/b21-15+. The van der Waals surface area contributed by atoms with Crippen LogP contribution in [0.2, 0.25) is 5.02 Å². The molecule has 0 aliphatic carbocycles. The Labute approximate surface area is 168 Å². The van der Waals surface area contributed by atoms with Crippen LogP contribution in [-0.4, -0.2) is 18.9 Å². The number of halogens is 1. The number of nitrogens with zero attached hydrogens (tertiary/aromatic N) is 2. The molecule has 5 heteroatoms. The summed E-state index contributed by atoms with van der Waals surface area (Å²) in [7, 11) is 1.60. The molecule has 1 amide bonds. The lowest BCUT2D eigenvalue weighted by molar-refractivity contribution is -0.113. The van der Waals surface area contributed by atoms with Crippen LogP contribution in [0.4, 0.5) is 5.69 Å². The van der Waals surface area contributed by atoms with E-state index in [0.29, 0.717) is 33.6 Å². The van der Waals surface area contributed by atoms with Crippen LogP contribution in [0.25, 0.3) is 6.08 Å². The normalized spacial score (nSPS) is 15.1. The molecule has 0 saturated heterocycles. The predicted octanol–water partition coefficient (Wildman–Crippen LogP) is 5.18. The van der Waals surface area contributed by atoms with E-state index < -0.39 is 0 Å². The van der Waals surface area contributed by atoms with Crippen LogP contribution < -0.4 is 9.64 Å². The van der Waals surface area contributed by atoms with Crippen LogP contribution in [0.1, 0.15) is 11.1 Å². The van der Waals surface area contributed by atoms with E-state index >= 15 is 0 Å². The lowest BCUT2D eigenvalue weighted by Gasteiger charge is -2.19. The fourth-order valence-corrected chi connectivity index (χ4v) is 3.24. The van der Waals surface area contributed by atoms with Gasteiger partial charge in [0.1, 0.15) is 17.3 Å². The molecule has 138 valence electrons. The van der Waals surface area contributed by atoms with Crippen molar-refractivity contribution >= 4 is 35.1 Å². The number of anilines is 1. The number of aliphatic imine (C=N–C) groups is 1. The summed E-state index contributed by atoms with van der Waals surface area (Å²) in [6.45, 7) is 0. The number of methoxy groups -OCH3 is 1. The number of ether oxygens (including phenoxy) is 1. The van der Waals surface area contributed by atoms with Gasteiger partial charge in [-0.1, -0.05) is 54.1 Å². The fraction of sp³-hybridized carbons (Fsp3) is 0.0435. The monoisotopic (exact) mass is 388 g/mol. The highest BCUT2D eigenvalue weighted by atomic mass is 35.5. The summed E-state index contributed by atoms with van der Waals surface area (Å²) in [5.74, 6) is 1.01. The molecule has 0 bridgehead atoms. The van der Waals surface area contributed by atoms with E-state index in [2.05, 4.69) is 4.99 Å². The average Bonchev–Trinajstić information content (AvgIpc) is 3.05. The third kappa shape index (κ3) is 3.42. The first-order chi connectivity index (χ1) is 13.7. The Hall–Kier alpha value is -3.37. The summed E-state index contributed by atoms with van der Waals surface area (Å²) in [6.07, 6.45) is 1.78. The molecule has 1 heterocycles. The van der Waals surface area contributed by atoms with Crippen molar-refractivity contribution < 1.29 is 9.53 Å². The van der Waals surface area contributed by atoms with Crippen LogP contribution in [0, 0.1) is 0 Å². The molecule has 3 aromatic carbocycles. The maximum Gasteiger partial charge on any atom is 0.282 e. The van der Waals surface area contributed by atoms with Crippen molar-refractivity contribution in [2.75, 3.05) is 12.0 Å². The second kappa shape index (κ2) is 7.71. The van der Waals surface area contributed by atoms with E-state index in [1.165, 1.54) is 0 Å². The summed E-state index contributed by atoms with van der Waals surface area (Å²) >= 11 is 6.40. The predicted molar refractivity (Wildman–Crippen MR) is 113 cm³/mol. The Balaban J connectivity index is 1.83. The van der Waals surface area contributed by atoms with Crippen LogP contribution in [0.15, 0.2) is 89.6 Å². The van der Waals surface area contributed by atoms with E-state index in [4.69, 9.17) is 16.3 Å². The van der Waals surface area contributed by atoms with E-state index in [0.717, 1.165) is 5.56 Å². The van der Waals surface area contributed by atoms with Gasteiger partial charge in [-0.25, -0.2) is 4.99 Å². The molecule has 0 aromatic heterocycles. The maximum atomic E-state index is 13.2. The molecular formula is C23H17ClN2O2. The largest absolute Gasteiger partial charge is 0.497 e. The van der Waals surface area contributed by atoms with Gasteiger partial charge in [-0.3, -0.25) is 9.69 Å². The van der Waals surface area contributed by atoms with Gasteiger partial charge in [-0.2, -0.15) is 0 Å². The number of hydrogen-bond acceptors (Lipinski definition) is 3. The highest BCUT2D eigenvalue weighted by Gasteiger charge is 2.33. The summed E-state index contributed by atoms with van der Waals surface area (Å²) in [5.41, 5.74) is 2.66. The fourth-order valence-electron chi connectivity index (χ4n) is 3.02. The zero-order valence-electron chi connectivity index (χ0n) is 15.2. The number of carbonyl (C=O) groups excluding carboxylic acids is 1. The summed E-state index contributed by atoms with van der Waals surface area (Å²) in [5, 5.41) is 0.536. The summed E-state index contributed by atoms with van der Waals surface area (Å²) in [4.78, 5) is 19.4. The van der Waals surface area contributed by atoms with Gasteiger partial charge in [0, 0.05) is 5.56 Å². The van der Waals surface area contributed by atoms with Crippen molar-refractivity contribution in [3.8, 4) is 5.75 Å². The number of rotatable bonds is 4. The first-order valence-electron chi connectivity index (χ1n) is 8.76. The zero-order chi connectivity index (χ0) is 19.5. The molecule has 0 atom stereocenters. The third-order valence-electron chi connectivity index (χ3n) is 4.41. The van der Waals surface area contributed by atoms with E-state index in [1.807, 2.05) is 72.8 Å². The van der Waals surface area contributed by atoms with Crippen LogP contribution >= 0.6 is 11.6 Å². The van der Waals surface area contributed by atoms with Crippen molar-refractivity contribution in [2.45, 2.75) is 0 Å². The van der Waals surface area contributed by atoms with Crippen molar-refractivity contribution in [3.63, 3.8) is 0 Å². The minimum Gasteiger partial charge on any atom is -0.497 e. The van der Waals surface area contributed by atoms with E-state index in [9.17, 15) is 4.79 Å². The molecule has 0 N–H and O–H groups in total. The van der Waals surface area contributed by atoms with Gasteiger partial charge >= 0.3 is 0 Å². The first kappa shape index (κ1) is 18.0. The highest BCUT2D eigenvalue weighted by Crippen LogP contribution is 2.31. The lowest BCUT2D eigenvalue weighted by atomic mass is 10.1. The minimum absolute atomic E-state index is 0.205. The molecule has 0 radical (unpaired) electrons. The number of amides is 1. The van der Waals surface area contributed by atoms with Gasteiger partial charge in [0.15, 0.2) is 0 Å². The van der Waals surface area contributed by atoms with Crippen molar-refractivity contribution in [1.29, 1.82) is 0 Å². The number of hydrogen-bond donors (Lipinski definition) is 0. The topological polar surface area (TPSA) is 41.9 Å². The molecule has 0 fully saturated rings. The molecule has 3 aromatic rings. The van der Waals surface area contributed by atoms with Gasteiger partial charge in [-0.05, 0) is 48.0 Å². The van der Waals surface area contributed by atoms with Gasteiger partial charge < -0.3 is 4.74 Å². The van der Waals surface area contributed by atoms with Crippen LogP contribution in [0.5, 0.6) is 5.75 Å². The average molecular weight is 389 g/mol. The minimum atomic E-state index is -0.205. The smallest absolute Gasteiger partial charge is 0.282 e. The number of benzene rings is 3. The first-order valence-corrected chi connectivity index (χ1v) is 9.14. The Morgan fingerprint density at radius 1 is 0.929 bits per heavy atom. The van der Waals surface area contributed by atoms with Gasteiger partial charge in [0.05, 0.1) is 17.8 Å². The molecule has 1 aliphatic rings. The highest BCUT2D eigenvalue weighted by molar-refractivity contribution is 6.39. The quantitative estimate of drug-likeness (QED) is 0.577. The molecule has 0 spiro atoms. The molecule has 0 unspecified atom stereocenters. The second-order valence-corrected chi connectivity index (χ2v) is 6.60.